The number of hydrogen-bond donors (Lipinski definition) is 0. The summed E-state index contributed by atoms with van der Waals surface area (Å²) in [5.74, 6) is 1.51. The molecule has 1 aliphatic carbocycles. The fourth-order valence-electron chi connectivity index (χ4n) is 2.94. The van der Waals surface area contributed by atoms with Crippen LogP contribution in [0.5, 0.6) is 0 Å². The molecular formula is C18H26. The van der Waals surface area contributed by atoms with E-state index in [1.54, 1.807) is 16.7 Å². The number of rotatable bonds is 4. The van der Waals surface area contributed by atoms with Crippen molar-refractivity contribution in [2.24, 2.45) is 11.8 Å². The van der Waals surface area contributed by atoms with Crippen molar-refractivity contribution in [2.45, 2.75) is 53.4 Å². The maximum absolute atomic E-state index is 2.48. The van der Waals surface area contributed by atoms with E-state index in [2.05, 4.69) is 52.0 Å². The Morgan fingerprint density at radius 1 is 0.944 bits per heavy atom. The van der Waals surface area contributed by atoms with Crippen LogP contribution in [0.2, 0.25) is 0 Å². The first-order valence-electron chi connectivity index (χ1n) is 7.36. The minimum absolute atomic E-state index is 0.736. The lowest BCUT2D eigenvalue weighted by molar-refractivity contribution is 0.622. The molecule has 1 aromatic rings. The molecular weight excluding hydrogens is 216 g/mol. The number of aryl methyl sites for hydroxylation is 1. The third-order valence-electron chi connectivity index (χ3n) is 3.65. The largest absolute Gasteiger partial charge is 0.0690 e. The van der Waals surface area contributed by atoms with Crippen LogP contribution in [-0.2, 0) is 12.8 Å². The van der Waals surface area contributed by atoms with E-state index < -0.39 is 0 Å². The zero-order chi connectivity index (χ0) is 13.1. The summed E-state index contributed by atoms with van der Waals surface area (Å²) in [6, 6.07) is 6.85. The van der Waals surface area contributed by atoms with Gasteiger partial charge in [-0.25, -0.2) is 0 Å². The van der Waals surface area contributed by atoms with E-state index in [-0.39, 0.29) is 0 Å². The Morgan fingerprint density at radius 2 is 1.67 bits per heavy atom. The Morgan fingerprint density at radius 3 is 2.33 bits per heavy atom. The first kappa shape index (κ1) is 13.4. The van der Waals surface area contributed by atoms with Gasteiger partial charge in [-0.2, -0.15) is 0 Å². The highest BCUT2D eigenvalue weighted by Crippen LogP contribution is 2.30. The fraction of sp³-hybridized carbons (Fsp3) is 0.556. The van der Waals surface area contributed by atoms with Gasteiger partial charge in [0, 0.05) is 0 Å². The highest BCUT2D eigenvalue weighted by molar-refractivity contribution is 5.63. The Bertz CT molecular complexity index is 435. The molecule has 0 heteroatoms. The van der Waals surface area contributed by atoms with Gasteiger partial charge in [-0.05, 0) is 54.2 Å². The average molecular weight is 242 g/mol. The Kier molecular flexibility index (Phi) is 4.27. The molecule has 0 fully saturated rings. The van der Waals surface area contributed by atoms with Gasteiger partial charge in [0.15, 0.2) is 0 Å². The van der Waals surface area contributed by atoms with E-state index in [1.807, 2.05) is 0 Å². The van der Waals surface area contributed by atoms with Gasteiger partial charge < -0.3 is 0 Å². The molecule has 0 saturated carbocycles. The molecule has 0 amide bonds. The lowest BCUT2D eigenvalue weighted by atomic mass is 9.84. The predicted molar refractivity (Wildman–Crippen MR) is 80.7 cm³/mol. The zero-order valence-electron chi connectivity index (χ0n) is 12.3. The van der Waals surface area contributed by atoms with Crippen LogP contribution in [0.15, 0.2) is 23.8 Å². The molecule has 0 unspecified atom stereocenters. The molecule has 1 aliphatic rings. The number of fused-ring (bicyclic) bond motifs is 1. The van der Waals surface area contributed by atoms with Crippen molar-refractivity contribution in [1.29, 1.82) is 0 Å². The second-order valence-corrected chi connectivity index (χ2v) is 6.49. The van der Waals surface area contributed by atoms with Crippen molar-refractivity contribution >= 4 is 6.08 Å². The SMILES string of the molecule is CC(C)CC1=Cc2c(cccc2CC(C)C)CC1. The number of benzene rings is 1. The van der Waals surface area contributed by atoms with Crippen LogP contribution >= 0.6 is 0 Å². The normalized spacial score (nSPS) is 14.9. The third kappa shape index (κ3) is 3.25. The fourth-order valence-corrected chi connectivity index (χ4v) is 2.94. The van der Waals surface area contributed by atoms with Gasteiger partial charge in [0.25, 0.3) is 0 Å². The second kappa shape index (κ2) is 5.73. The van der Waals surface area contributed by atoms with Crippen molar-refractivity contribution in [2.75, 3.05) is 0 Å². The summed E-state index contributed by atoms with van der Waals surface area (Å²) < 4.78 is 0. The van der Waals surface area contributed by atoms with E-state index in [0.29, 0.717) is 0 Å². The minimum Gasteiger partial charge on any atom is -0.0690 e. The molecule has 0 heterocycles. The smallest absolute Gasteiger partial charge is 0.0193 e. The molecule has 98 valence electrons. The van der Waals surface area contributed by atoms with Crippen LogP contribution in [0.3, 0.4) is 0 Å². The zero-order valence-corrected chi connectivity index (χ0v) is 12.3. The first-order chi connectivity index (χ1) is 8.56. The molecule has 18 heavy (non-hydrogen) atoms. The average Bonchev–Trinajstić information content (AvgIpc) is 2.28. The van der Waals surface area contributed by atoms with Crippen LogP contribution in [0.4, 0.5) is 0 Å². The van der Waals surface area contributed by atoms with Gasteiger partial charge in [0.05, 0.1) is 0 Å². The highest BCUT2D eigenvalue weighted by Gasteiger charge is 2.14. The molecule has 0 saturated heterocycles. The molecule has 0 aromatic heterocycles. The van der Waals surface area contributed by atoms with Gasteiger partial charge in [-0.15, -0.1) is 0 Å². The van der Waals surface area contributed by atoms with Gasteiger partial charge >= 0.3 is 0 Å². The Balaban J connectivity index is 2.31. The van der Waals surface area contributed by atoms with E-state index in [4.69, 9.17) is 0 Å². The van der Waals surface area contributed by atoms with Gasteiger partial charge in [0.1, 0.15) is 0 Å². The molecule has 0 spiro atoms. The second-order valence-electron chi connectivity index (χ2n) is 6.49. The topological polar surface area (TPSA) is 0 Å². The van der Waals surface area contributed by atoms with Crippen molar-refractivity contribution in [1.82, 2.24) is 0 Å². The van der Waals surface area contributed by atoms with Crippen LogP contribution in [0.1, 0.15) is 57.2 Å². The van der Waals surface area contributed by atoms with Crippen LogP contribution in [0, 0.1) is 11.8 Å². The summed E-state index contributed by atoms with van der Waals surface area (Å²) in [5, 5.41) is 0. The standard InChI is InChI=1S/C18H26/c1-13(2)10-15-8-9-16-6-5-7-17(11-14(3)4)18(16)12-15/h5-7,12-14H,8-11H2,1-4H3. The molecule has 0 N–H and O–H groups in total. The molecule has 0 bridgehead atoms. The number of hydrogen-bond acceptors (Lipinski definition) is 0. The van der Waals surface area contributed by atoms with Crippen LogP contribution in [-0.4, -0.2) is 0 Å². The van der Waals surface area contributed by atoms with Gasteiger partial charge in [0.2, 0.25) is 0 Å². The van der Waals surface area contributed by atoms with E-state index in [0.717, 1.165) is 11.8 Å². The molecule has 0 atom stereocenters. The van der Waals surface area contributed by atoms with Gasteiger partial charge in [-0.1, -0.05) is 57.5 Å². The Hall–Kier alpha value is -1.04. The van der Waals surface area contributed by atoms with E-state index >= 15 is 0 Å². The molecule has 1 aromatic carbocycles. The summed E-state index contributed by atoms with van der Waals surface area (Å²) >= 11 is 0. The molecule has 0 radical (unpaired) electrons. The van der Waals surface area contributed by atoms with Crippen molar-refractivity contribution in [3.05, 3.63) is 40.5 Å². The van der Waals surface area contributed by atoms with Crippen LogP contribution in [0.25, 0.3) is 6.08 Å². The maximum atomic E-state index is 2.48. The highest BCUT2D eigenvalue weighted by atomic mass is 14.2. The summed E-state index contributed by atoms with van der Waals surface area (Å²) in [4.78, 5) is 0. The molecule has 0 nitrogen and oxygen atoms in total. The lowest BCUT2D eigenvalue weighted by Gasteiger charge is -2.21. The minimum atomic E-state index is 0.736. The van der Waals surface area contributed by atoms with Crippen molar-refractivity contribution < 1.29 is 0 Å². The third-order valence-corrected chi connectivity index (χ3v) is 3.65. The quantitative estimate of drug-likeness (QED) is 0.675. The predicted octanol–water partition coefficient (Wildman–Crippen LogP) is 5.26. The van der Waals surface area contributed by atoms with Crippen LogP contribution < -0.4 is 0 Å². The van der Waals surface area contributed by atoms with Crippen molar-refractivity contribution in [3.8, 4) is 0 Å². The van der Waals surface area contributed by atoms with E-state index in [9.17, 15) is 0 Å². The maximum Gasteiger partial charge on any atom is -0.0193 e. The Labute approximate surface area is 112 Å². The molecule has 2 rings (SSSR count). The van der Waals surface area contributed by atoms with E-state index in [1.165, 1.54) is 31.2 Å². The summed E-state index contributed by atoms with van der Waals surface area (Å²) in [5.41, 5.74) is 6.28. The summed E-state index contributed by atoms with van der Waals surface area (Å²) in [7, 11) is 0. The first-order valence-corrected chi connectivity index (χ1v) is 7.36. The summed E-state index contributed by atoms with van der Waals surface area (Å²) in [6.07, 6.45) is 7.44. The summed E-state index contributed by atoms with van der Waals surface area (Å²) in [6.45, 7) is 9.24. The lowest BCUT2D eigenvalue weighted by Crippen LogP contribution is -2.06. The molecule has 0 aliphatic heterocycles. The van der Waals surface area contributed by atoms with Gasteiger partial charge in [-0.3, -0.25) is 0 Å². The number of allylic oxidation sites excluding steroid dienone is 1. The van der Waals surface area contributed by atoms with Crippen molar-refractivity contribution in [3.63, 3.8) is 0 Å². The monoisotopic (exact) mass is 242 g/mol.